The van der Waals surface area contributed by atoms with Gasteiger partial charge in [0.15, 0.2) is 0 Å². The van der Waals surface area contributed by atoms with Crippen LogP contribution < -0.4 is 11.1 Å². The van der Waals surface area contributed by atoms with Gasteiger partial charge in [0.05, 0.1) is 6.04 Å². The van der Waals surface area contributed by atoms with E-state index in [0.29, 0.717) is 30.4 Å². The van der Waals surface area contributed by atoms with Gasteiger partial charge in [-0.2, -0.15) is 0 Å². The molecule has 0 saturated carbocycles. The van der Waals surface area contributed by atoms with Gasteiger partial charge >= 0.3 is 0 Å². The highest BCUT2D eigenvalue weighted by atomic mass is 35.5. The molecule has 2 aromatic carbocycles. The molecule has 1 aliphatic rings. The molecule has 1 aliphatic heterocycles. The quantitative estimate of drug-likeness (QED) is 0.717. The van der Waals surface area contributed by atoms with Crippen molar-refractivity contribution < 1.29 is 13.7 Å². The predicted molar refractivity (Wildman–Crippen MR) is 116 cm³/mol. The van der Waals surface area contributed by atoms with Crippen molar-refractivity contribution in [2.24, 2.45) is 11.7 Å². The molecular weight excluding hydrogens is 396 g/mol. The Balaban J connectivity index is 0.00000280. The normalized spacial score (nSPS) is 16.6. The Hall–Kier alpha value is -1.73. The number of carbonyl (C=O) groups excluding carboxylic acids is 1. The van der Waals surface area contributed by atoms with E-state index in [-0.39, 0.29) is 24.2 Å². The first-order chi connectivity index (χ1) is 13.1. The Morgan fingerprint density at radius 1 is 1.07 bits per heavy atom. The van der Waals surface area contributed by atoms with Crippen molar-refractivity contribution in [2.45, 2.75) is 30.4 Å². The second-order valence-corrected chi connectivity index (χ2v) is 8.34. The van der Waals surface area contributed by atoms with Gasteiger partial charge in [-0.05, 0) is 42.0 Å². The Labute approximate surface area is 174 Å². The maximum atomic E-state index is 12.4. The average molecular weight is 423 g/mol. The van der Waals surface area contributed by atoms with Gasteiger partial charge in [0, 0.05) is 41.2 Å². The fourth-order valence-corrected chi connectivity index (χ4v) is 4.47. The lowest BCUT2D eigenvalue weighted by Gasteiger charge is -2.26. The molecule has 0 bridgehead atoms. The molecule has 152 valence electrons. The largest absolute Gasteiger partial charge is 0.381 e. The summed E-state index contributed by atoms with van der Waals surface area (Å²) in [7, 11) is -1.01. The first kappa shape index (κ1) is 22.6. The minimum atomic E-state index is -1.01. The van der Waals surface area contributed by atoms with Crippen molar-refractivity contribution in [1.82, 2.24) is 0 Å². The van der Waals surface area contributed by atoms with Crippen LogP contribution in [0.4, 0.5) is 5.69 Å². The molecule has 0 spiro atoms. The zero-order chi connectivity index (χ0) is 19.1. The summed E-state index contributed by atoms with van der Waals surface area (Å²) in [5.74, 6) is 0.946. The molecule has 3 rings (SSSR count). The van der Waals surface area contributed by atoms with E-state index in [1.54, 1.807) is 0 Å². The number of halogens is 1. The molecule has 1 fully saturated rings. The number of nitrogens with one attached hydrogen (secondary N) is 1. The molecule has 2 unspecified atom stereocenters. The van der Waals surface area contributed by atoms with Crippen molar-refractivity contribution in [3.05, 3.63) is 65.7 Å². The molecule has 5 nitrogen and oxygen atoms in total. The van der Waals surface area contributed by atoms with E-state index in [4.69, 9.17) is 10.5 Å². The minimum absolute atomic E-state index is 0. The predicted octanol–water partition coefficient (Wildman–Crippen LogP) is 3.25. The van der Waals surface area contributed by atoms with E-state index in [9.17, 15) is 9.00 Å². The molecule has 0 radical (unpaired) electrons. The van der Waals surface area contributed by atoms with Crippen molar-refractivity contribution in [2.75, 3.05) is 18.5 Å². The summed E-state index contributed by atoms with van der Waals surface area (Å²) >= 11 is 0. The Morgan fingerprint density at radius 2 is 1.71 bits per heavy atom. The summed E-state index contributed by atoms with van der Waals surface area (Å²) in [5, 5.41) is 2.90. The molecule has 3 N–H and O–H groups in total. The number of anilines is 1. The molecule has 1 saturated heterocycles. The van der Waals surface area contributed by atoms with E-state index in [0.717, 1.165) is 24.0 Å². The highest BCUT2D eigenvalue weighted by molar-refractivity contribution is 7.83. The lowest BCUT2D eigenvalue weighted by molar-refractivity contribution is -0.119. The molecule has 2 aromatic rings. The van der Waals surface area contributed by atoms with Gasteiger partial charge < -0.3 is 15.8 Å². The number of hydrogen-bond acceptors (Lipinski definition) is 4. The molecule has 7 heteroatoms. The zero-order valence-electron chi connectivity index (χ0n) is 15.7. The van der Waals surface area contributed by atoms with E-state index in [2.05, 4.69) is 5.32 Å². The standard InChI is InChI=1S/C21H26N2O3S.ClH/c22-20(18-9-11-26-12-10-18)21(24)23-19-8-4-7-17(13-19)15-27(25)14-16-5-2-1-3-6-16;/h1-8,13,18,20H,9-12,14-15,22H2,(H,23,24);1H. The first-order valence-corrected chi connectivity index (χ1v) is 10.7. The van der Waals surface area contributed by atoms with Crippen LogP contribution in [0.15, 0.2) is 54.6 Å². The van der Waals surface area contributed by atoms with Gasteiger partial charge in [0.1, 0.15) is 0 Å². The van der Waals surface area contributed by atoms with Crippen molar-refractivity contribution in [3.8, 4) is 0 Å². The molecule has 1 amide bonds. The highest BCUT2D eigenvalue weighted by Gasteiger charge is 2.26. The number of rotatable bonds is 7. The zero-order valence-corrected chi connectivity index (χ0v) is 17.3. The molecule has 0 aliphatic carbocycles. The third-order valence-corrected chi connectivity index (χ3v) is 6.08. The molecule has 28 heavy (non-hydrogen) atoms. The summed E-state index contributed by atoms with van der Waals surface area (Å²) in [5.41, 5.74) is 8.81. The van der Waals surface area contributed by atoms with Crippen molar-refractivity contribution >= 4 is 34.8 Å². The number of nitrogens with two attached hydrogens (primary N) is 1. The highest BCUT2D eigenvalue weighted by Crippen LogP contribution is 2.20. The van der Waals surface area contributed by atoms with Gasteiger partial charge in [0.2, 0.25) is 5.91 Å². The maximum absolute atomic E-state index is 12.4. The van der Waals surface area contributed by atoms with Crippen LogP contribution >= 0.6 is 12.4 Å². The summed E-state index contributed by atoms with van der Waals surface area (Å²) in [6.07, 6.45) is 1.63. The van der Waals surface area contributed by atoms with Crippen molar-refractivity contribution in [1.29, 1.82) is 0 Å². The Bertz CT molecular complexity index is 782. The van der Waals surface area contributed by atoms with Crippen LogP contribution in [-0.4, -0.2) is 29.4 Å². The van der Waals surface area contributed by atoms with Crippen molar-refractivity contribution in [3.63, 3.8) is 0 Å². The molecule has 1 heterocycles. The van der Waals surface area contributed by atoms with E-state index in [1.165, 1.54) is 0 Å². The second-order valence-electron chi connectivity index (χ2n) is 6.88. The van der Waals surface area contributed by atoms with Crippen LogP contribution in [0.5, 0.6) is 0 Å². The Morgan fingerprint density at radius 3 is 2.43 bits per heavy atom. The maximum Gasteiger partial charge on any atom is 0.241 e. The molecular formula is C21H27ClN2O3S. The van der Waals surface area contributed by atoms with Crippen LogP contribution in [0, 0.1) is 5.92 Å². The molecule has 2 atom stereocenters. The monoisotopic (exact) mass is 422 g/mol. The van der Waals surface area contributed by atoms with Crippen LogP contribution in [0.1, 0.15) is 24.0 Å². The lowest BCUT2D eigenvalue weighted by Crippen LogP contribution is -2.44. The average Bonchev–Trinajstić information content (AvgIpc) is 2.69. The van der Waals surface area contributed by atoms with Gasteiger partial charge in [-0.25, -0.2) is 0 Å². The third-order valence-electron chi connectivity index (χ3n) is 4.77. The van der Waals surface area contributed by atoms with E-state index in [1.807, 2.05) is 54.6 Å². The second kappa shape index (κ2) is 11.3. The third kappa shape index (κ3) is 6.71. The number of carbonyl (C=O) groups is 1. The fraction of sp³-hybridized carbons (Fsp3) is 0.381. The smallest absolute Gasteiger partial charge is 0.241 e. The van der Waals surface area contributed by atoms with Gasteiger partial charge in [0.25, 0.3) is 0 Å². The summed E-state index contributed by atoms with van der Waals surface area (Å²) < 4.78 is 17.7. The van der Waals surface area contributed by atoms with E-state index < -0.39 is 16.8 Å². The molecule has 0 aromatic heterocycles. The van der Waals surface area contributed by atoms with Crippen LogP contribution in [0.2, 0.25) is 0 Å². The number of amides is 1. The van der Waals surface area contributed by atoms with Gasteiger partial charge in [-0.1, -0.05) is 42.5 Å². The number of benzene rings is 2. The van der Waals surface area contributed by atoms with Crippen LogP contribution in [0.25, 0.3) is 0 Å². The lowest BCUT2D eigenvalue weighted by atomic mass is 9.92. The fourth-order valence-electron chi connectivity index (χ4n) is 3.25. The summed E-state index contributed by atoms with van der Waals surface area (Å²) in [6.45, 7) is 1.32. The van der Waals surface area contributed by atoms with Gasteiger partial charge in [-0.3, -0.25) is 9.00 Å². The topological polar surface area (TPSA) is 81.4 Å². The van der Waals surface area contributed by atoms with Crippen LogP contribution in [0.3, 0.4) is 0 Å². The van der Waals surface area contributed by atoms with Crippen LogP contribution in [-0.2, 0) is 31.8 Å². The summed E-state index contributed by atoms with van der Waals surface area (Å²) in [6, 6.07) is 16.8. The minimum Gasteiger partial charge on any atom is -0.381 e. The Kier molecular flexibility index (Phi) is 9.12. The number of ether oxygens (including phenoxy) is 1. The SMILES string of the molecule is Cl.NC(C(=O)Nc1cccc(CS(=O)Cc2ccccc2)c1)C1CCOCC1. The first-order valence-electron chi connectivity index (χ1n) is 9.24. The number of hydrogen-bond donors (Lipinski definition) is 2. The van der Waals surface area contributed by atoms with E-state index >= 15 is 0 Å². The summed E-state index contributed by atoms with van der Waals surface area (Å²) in [4.78, 5) is 12.4. The van der Waals surface area contributed by atoms with Gasteiger partial charge in [-0.15, -0.1) is 12.4 Å².